The zero-order chi connectivity index (χ0) is 12.0. The lowest BCUT2D eigenvalue weighted by atomic mass is 9.88. The molecule has 0 aliphatic carbocycles. The average molecular weight is 298 g/mol. The number of hydrogen-bond acceptors (Lipinski definition) is 4. The van der Waals surface area contributed by atoms with Gasteiger partial charge in [-0.3, -0.25) is 0 Å². The number of nitrogens with two attached hydrogens (primary N) is 1. The number of nitrogen functional groups attached to an aromatic ring is 1. The zero-order valence-corrected chi connectivity index (χ0v) is 11.4. The fourth-order valence-corrected chi connectivity index (χ4v) is 3.30. The van der Waals surface area contributed by atoms with Gasteiger partial charge in [0.2, 0.25) is 0 Å². The number of aryl methyl sites for hydroxylation is 1. The number of aromatic nitrogens is 2. The average Bonchev–Trinajstić information content (AvgIpc) is 2.94. The molecule has 2 aliphatic heterocycles. The standard InChI is InChI=1S/C12H16BrN3O/c1-2-8-10(13)11(14)16-12(15-8)7-5-6-3-4-9(7)17-6/h6-7,9H,2-5H2,1H3,(H2,14,15,16). The van der Waals surface area contributed by atoms with Crippen molar-refractivity contribution in [3.63, 3.8) is 0 Å². The molecular formula is C12H16BrN3O. The van der Waals surface area contributed by atoms with E-state index in [4.69, 9.17) is 10.5 Å². The number of rotatable bonds is 2. The zero-order valence-electron chi connectivity index (χ0n) is 9.82. The summed E-state index contributed by atoms with van der Waals surface area (Å²) in [7, 11) is 0. The Morgan fingerprint density at radius 1 is 1.41 bits per heavy atom. The predicted octanol–water partition coefficient (Wildman–Crippen LogP) is 2.42. The maximum Gasteiger partial charge on any atom is 0.141 e. The molecule has 3 unspecified atom stereocenters. The normalized spacial score (nSPS) is 31.1. The van der Waals surface area contributed by atoms with Crippen molar-refractivity contribution in [3.05, 3.63) is 16.0 Å². The topological polar surface area (TPSA) is 61.0 Å². The van der Waals surface area contributed by atoms with E-state index in [0.717, 1.165) is 35.3 Å². The molecule has 2 aliphatic rings. The Morgan fingerprint density at radius 2 is 2.24 bits per heavy atom. The lowest BCUT2D eigenvalue weighted by Crippen LogP contribution is -2.18. The van der Waals surface area contributed by atoms with Crippen molar-refractivity contribution in [2.24, 2.45) is 0 Å². The minimum atomic E-state index is 0.310. The molecule has 17 heavy (non-hydrogen) atoms. The van der Waals surface area contributed by atoms with Crippen molar-refractivity contribution >= 4 is 21.7 Å². The predicted molar refractivity (Wildman–Crippen MR) is 68.8 cm³/mol. The van der Waals surface area contributed by atoms with E-state index < -0.39 is 0 Å². The van der Waals surface area contributed by atoms with Crippen LogP contribution >= 0.6 is 15.9 Å². The Morgan fingerprint density at radius 3 is 2.82 bits per heavy atom. The van der Waals surface area contributed by atoms with E-state index in [1.54, 1.807) is 0 Å². The Bertz CT molecular complexity index is 452. The summed E-state index contributed by atoms with van der Waals surface area (Å²) < 4.78 is 6.69. The lowest BCUT2D eigenvalue weighted by Gasteiger charge is -2.18. The van der Waals surface area contributed by atoms with Crippen molar-refractivity contribution in [1.29, 1.82) is 0 Å². The quantitative estimate of drug-likeness (QED) is 0.911. The minimum absolute atomic E-state index is 0.310. The van der Waals surface area contributed by atoms with Crippen molar-refractivity contribution in [2.75, 3.05) is 5.73 Å². The van der Waals surface area contributed by atoms with E-state index in [0.29, 0.717) is 23.9 Å². The van der Waals surface area contributed by atoms with E-state index >= 15 is 0 Å². The molecule has 0 aromatic carbocycles. The number of fused-ring (bicyclic) bond motifs is 2. The van der Waals surface area contributed by atoms with Crippen LogP contribution in [0.15, 0.2) is 4.47 Å². The molecule has 3 heterocycles. The third kappa shape index (κ3) is 1.85. The maximum atomic E-state index is 5.92. The SMILES string of the molecule is CCc1nc(C2CC3CCC2O3)nc(N)c1Br. The van der Waals surface area contributed by atoms with Gasteiger partial charge in [0.05, 0.1) is 22.4 Å². The summed E-state index contributed by atoms with van der Waals surface area (Å²) in [5, 5.41) is 0. The van der Waals surface area contributed by atoms with Crippen LogP contribution in [0.5, 0.6) is 0 Å². The Kier molecular flexibility index (Phi) is 2.83. The van der Waals surface area contributed by atoms with Gasteiger partial charge in [-0.25, -0.2) is 9.97 Å². The van der Waals surface area contributed by atoms with Crippen molar-refractivity contribution in [3.8, 4) is 0 Å². The van der Waals surface area contributed by atoms with Gasteiger partial charge in [-0.05, 0) is 41.6 Å². The highest BCUT2D eigenvalue weighted by Crippen LogP contribution is 2.43. The van der Waals surface area contributed by atoms with Crippen LogP contribution in [0.25, 0.3) is 0 Å². The second-order valence-corrected chi connectivity index (χ2v) is 5.59. The van der Waals surface area contributed by atoms with E-state index in [2.05, 4.69) is 32.8 Å². The highest BCUT2D eigenvalue weighted by molar-refractivity contribution is 9.10. The highest BCUT2D eigenvalue weighted by atomic mass is 79.9. The second kappa shape index (κ2) is 4.21. The molecule has 4 nitrogen and oxygen atoms in total. The van der Waals surface area contributed by atoms with Crippen molar-refractivity contribution in [2.45, 2.75) is 50.7 Å². The van der Waals surface area contributed by atoms with E-state index in [1.807, 2.05) is 0 Å². The number of hydrogen-bond donors (Lipinski definition) is 1. The molecule has 1 aromatic rings. The molecular weight excluding hydrogens is 282 g/mol. The fraction of sp³-hybridized carbons (Fsp3) is 0.667. The van der Waals surface area contributed by atoms with Crippen molar-refractivity contribution in [1.82, 2.24) is 9.97 Å². The molecule has 2 bridgehead atoms. The van der Waals surface area contributed by atoms with Crippen LogP contribution < -0.4 is 5.73 Å². The molecule has 0 saturated carbocycles. The first kappa shape index (κ1) is 11.4. The van der Waals surface area contributed by atoms with Gasteiger partial charge in [0, 0.05) is 5.92 Å². The Labute approximate surface area is 109 Å². The van der Waals surface area contributed by atoms with Gasteiger partial charge in [0.15, 0.2) is 0 Å². The molecule has 2 N–H and O–H groups in total. The molecule has 2 saturated heterocycles. The molecule has 0 amide bonds. The third-order valence-electron chi connectivity index (χ3n) is 3.74. The second-order valence-electron chi connectivity index (χ2n) is 4.80. The van der Waals surface area contributed by atoms with Crippen molar-refractivity contribution < 1.29 is 4.74 Å². The first-order valence-corrected chi connectivity index (χ1v) is 6.95. The molecule has 0 radical (unpaired) electrons. The van der Waals surface area contributed by atoms with Gasteiger partial charge < -0.3 is 10.5 Å². The van der Waals surface area contributed by atoms with Gasteiger partial charge in [0.25, 0.3) is 0 Å². The van der Waals surface area contributed by atoms with Crippen LogP contribution in [0.3, 0.4) is 0 Å². The van der Waals surface area contributed by atoms with Crippen LogP contribution in [0.4, 0.5) is 5.82 Å². The molecule has 5 heteroatoms. The first-order chi connectivity index (χ1) is 8.19. The fourth-order valence-electron chi connectivity index (χ4n) is 2.84. The summed E-state index contributed by atoms with van der Waals surface area (Å²) in [5.41, 5.74) is 6.92. The first-order valence-electron chi connectivity index (χ1n) is 6.16. The summed E-state index contributed by atoms with van der Waals surface area (Å²) in [6.45, 7) is 2.08. The summed E-state index contributed by atoms with van der Waals surface area (Å²) in [4.78, 5) is 9.06. The van der Waals surface area contributed by atoms with Crippen LogP contribution in [0.2, 0.25) is 0 Å². The molecule has 92 valence electrons. The molecule has 3 atom stereocenters. The molecule has 2 fully saturated rings. The van der Waals surface area contributed by atoms with Crippen LogP contribution in [0.1, 0.15) is 43.6 Å². The largest absolute Gasteiger partial charge is 0.383 e. The third-order valence-corrected chi connectivity index (χ3v) is 4.60. The van der Waals surface area contributed by atoms with Gasteiger partial charge in [-0.2, -0.15) is 0 Å². The molecule has 1 aromatic heterocycles. The summed E-state index contributed by atoms with van der Waals surface area (Å²) >= 11 is 3.44. The van der Waals surface area contributed by atoms with Gasteiger partial charge in [0.1, 0.15) is 11.6 Å². The Balaban J connectivity index is 1.95. The molecule has 0 spiro atoms. The number of anilines is 1. The minimum Gasteiger partial charge on any atom is -0.383 e. The van der Waals surface area contributed by atoms with E-state index in [9.17, 15) is 0 Å². The number of ether oxygens (including phenoxy) is 1. The van der Waals surface area contributed by atoms with Gasteiger partial charge in [-0.15, -0.1) is 0 Å². The summed E-state index contributed by atoms with van der Waals surface area (Å²) in [5.74, 6) is 1.76. The van der Waals surface area contributed by atoms with Crippen LogP contribution in [0, 0.1) is 0 Å². The molecule has 3 rings (SSSR count). The monoisotopic (exact) mass is 297 g/mol. The van der Waals surface area contributed by atoms with Crippen LogP contribution in [-0.4, -0.2) is 22.2 Å². The smallest absolute Gasteiger partial charge is 0.141 e. The number of halogens is 1. The Hall–Kier alpha value is -0.680. The van der Waals surface area contributed by atoms with Gasteiger partial charge in [-0.1, -0.05) is 6.92 Å². The highest BCUT2D eigenvalue weighted by Gasteiger charge is 2.43. The summed E-state index contributed by atoms with van der Waals surface area (Å²) in [6.07, 6.45) is 4.97. The van der Waals surface area contributed by atoms with Gasteiger partial charge >= 0.3 is 0 Å². The van der Waals surface area contributed by atoms with Crippen LogP contribution in [-0.2, 0) is 11.2 Å². The lowest BCUT2D eigenvalue weighted by molar-refractivity contribution is 0.0998. The number of nitrogens with zero attached hydrogens (tertiary/aromatic N) is 2. The van der Waals surface area contributed by atoms with E-state index in [1.165, 1.54) is 6.42 Å². The summed E-state index contributed by atoms with van der Waals surface area (Å²) in [6, 6.07) is 0. The van der Waals surface area contributed by atoms with E-state index in [-0.39, 0.29) is 0 Å². The maximum absolute atomic E-state index is 5.92.